The molecule has 0 radical (unpaired) electrons. The monoisotopic (exact) mass is 446 g/mol. The van der Waals surface area contributed by atoms with E-state index in [1.807, 2.05) is 0 Å². The summed E-state index contributed by atoms with van der Waals surface area (Å²) >= 11 is 0. The summed E-state index contributed by atoms with van der Waals surface area (Å²) in [5, 5.41) is 17.3. The largest absolute Gasteiger partial charge is 0.364 e. The van der Waals surface area contributed by atoms with Crippen LogP contribution in [0.15, 0.2) is 30.5 Å². The normalized spacial score (nSPS) is 20.5. The Balaban J connectivity index is 1.62. The third kappa shape index (κ3) is 4.02. The summed E-state index contributed by atoms with van der Waals surface area (Å²) in [6.07, 6.45) is -0.288. The van der Waals surface area contributed by atoms with Gasteiger partial charge in [0.05, 0.1) is 23.5 Å². The summed E-state index contributed by atoms with van der Waals surface area (Å²) in [4.78, 5) is 18.9. The van der Waals surface area contributed by atoms with Crippen molar-refractivity contribution in [2.45, 2.75) is 37.9 Å². The van der Waals surface area contributed by atoms with Crippen LogP contribution in [-0.4, -0.2) is 48.9 Å². The summed E-state index contributed by atoms with van der Waals surface area (Å²) in [7, 11) is 1.47. The number of alkyl halides is 2. The van der Waals surface area contributed by atoms with E-state index in [9.17, 15) is 18.0 Å². The molecule has 3 heterocycles. The summed E-state index contributed by atoms with van der Waals surface area (Å²) in [6, 6.07) is 5.47. The maximum absolute atomic E-state index is 14.6. The quantitative estimate of drug-likeness (QED) is 0.405. The number of halogens is 3. The van der Waals surface area contributed by atoms with E-state index in [1.165, 1.54) is 19.2 Å². The number of carbonyl (C=O) groups is 1. The fourth-order valence-electron chi connectivity index (χ4n) is 4.42. The molecule has 2 aliphatic heterocycles. The average molecular weight is 446 g/mol. The van der Waals surface area contributed by atoms with Gasteiger partial charge in [0.2, 0.25) is 0 Å². The Morgan fingerprint density at radius 2 is 2.09 bits per heavy atom. The van der Waals surface area contributed by atoms with E-state index in [4.69, 9.17) is 5.41 Å². The maximum Gasteiger partial charge on any atom is 0.270 e. The molecule has 2 aromatic rings. The highest BCUT2D eigenvalue weighted by atomic mass is 19.3. The van der Waals surface area contributed by atoms with Crippen LogP contribution in [0.4, 0.5) is 18.9 Å². The second-order valence-electron chi connectivity index (χ2n) is 8.11. The number of rotatable bonds is 6. The van der Waals surface area contributed by atoms with Crippen molar-refractivity contribution in [2.24, 2.45) is 0 Å². The zero-order valence-electron chi connectivity index (χ0n) is 17.8. The van der Waals surface area contributed by atoms with Gasteiger partial charge in [-0.25, -0.2) is 18.2 Å². The van der Waals surface area contributed by atoms with Crippen LogP contribution in [0.2, 0.25) is 0 Å². The molecular formula is C22H25F3N6O. The van der Waals surface area contributed by atoms with Gasteiger partial charge in [-0.2, -0.15) is 0 Å². The van der Waals surface area contributed by atoms with Gasteiger partial charge in [0, 0.05) is 43.3 Å². The number of nitrogens with zero attached hydrogens (tertiary/aromatic N) is 2. The van der Waals surface area contributed by atoms with Gasteiger partial charge in [0.25, 0.3) is 12.3 Å². The minimum Gasteiger partial charge on any atom is -0.364 e. The van der Waals surface area contributed by atoms with Crippen molar-refractivity contribution in [3.8, 4) is 0 Å². The Hall–Kier alpha value is -3.14. The third-order valence-corrected chi connectivity index (χ3v) is 6.09. The van der Waals surface area contributed by atoms with Gasteiger partial charge in [-0.3, -0.25) is 10.2 Å². The number of amidine groups is 1. The molecule has 3 atom stereocenters. The molecule has 0 aliphatic carbocycles. The molecule has 170 valence electrons. The second kappa shape index (κ2) is 8.78. The molecule has 0 saturated carbocycles. The first-order chi connectivity index (χ1) is 15.3. The van der Waals surface area contributed by atoms with E-state index in [-0.39, 0.29) is 22.7 Å². The molecule has 2 aliphatic rings. The molecule has 2 fully saturated rings. The standard InChI is InChI=1S/C22H25F3N6O/c1-11(15-4-3-5-16(18(15)23)20(24)25)30-21(26)17-7-14(9-29-19(17)22(32)27-2)31-10-12-6-13(31)8-28-12/h3-5,7,9,11-13,20,28H,6,8,10H2,1-2H3,(H2,26,30)(H,27,32)/t11-,12?,13?/m1/s1. The molecule has 7 nitrogen and oxygen atoms in total. The molecule has 1 aromatic heterocycles. The van der Waals surface area contributed by atoms with Crippen molar-refractivity contribution in [1.29, 1.82) is 5.41 Å². The molecule has 2 saturated heterocycles. The second-order valence-corrected chi connectivity index (χ2v) is 8.11. The number of nitrogens with one attached hydrogen (secondary N) is 4. The minimum atomic E-state index is -2.94. The van der Waals surface area contributed by atoms with Crippen LogP contribution >= 0.6 is 0 Å². The van der Waals surface area contributed by atoms with Gasteiger partial charge in [0.15, 0.2) is 0 Å². The number of fused-ring (bicyclic) bond motifs is 2. The first-order valence-electron chi connectivity index (χ1n) is 10.4. The highest BCUT2D eigenvalue weighted by Crippen LogP contribution is 2.31. The fourth-order valence-corrected chi connectivity index (χ4v) is 4.42. The van der Waals surface area contributed by atoms with Crippen LogP contribution in [0, 0.1) is 11.2 Å². The Morgan fingerprint density at radius 3 is 2.72 bits per heavy atom. The molecule has 2 bridgehead atoms. The van der Waals surface area contributed by atoms with E-state index in [1.54, 1.807) is 19.2 Å². The number of pyridine rings is 1. The van der Waals surface area contributed by atoms with Crippen molar-refractivity contribution >= 4 is 17.4 Å². The molecule has 10 heteroatoms. The van der Waals surface area contributed by atoms with E-state index in [0.29, 0.717) is 12.1 Å². The topological polar surface area (TPSA) is 93.1 Å². The summed E-state index contributed by atoms with van der Waals surface area (Å²) in [6.45, 7) is 3.25. The summed E-state index contributed by atoms with van der Waals surface area (Å²) in [5.74, 6) is -1.61. The number of hydrogen-bond donors (Lipinski definition) is 4. The number of anilines is 1. The molecule has 4 rings (SSSR count). The average Bonchev–Trinajstić information content (AvgIpc) is 3.41. The number of benzene rings is 1. The van der Waals surface area contributed by atoms with E-state index in [0.717, 1.165) is 31.3 Å². The Labute approximate surface area is 183 Å². The highest BCUT2D eigenvalue weighted by Gasteiger charge is 2.38. The van der Waals surface area contributed by atoms with Crippen molar-refractivity contribution < 1.29 is 18.0 Å². The number of carbonyl (C=O) groups excluding carboxylic acids is 1. The molecule has 4 N–H and O–H groups in total. The van der Waals surface area contributed by atoms with Crippen LogP contribution < -0.4 is 20.9 Å². The van der Waals surface area contributed by atoms with E-state index < -0.39 is 29.8 Å². The highest BCUT2D eigenvalue weighted by molar-refractivity contribution is 6.07. The van der Waals surface area contributed by atoms with Gasteiger partial charge in [-0.1, -0.05) is 18.2 Å². The minimum absolute atomic E-state index is 0.0149. The van der Waals surface area contributed by atoms with E-state index >= 15 is 0 Å². The SMILES string of the molecule is CNC(=O)c1ncc(N2CC3CC2CN3)cc1C(=N)N[C@H](C)c1cccc(C(F)F)c1F. The fraction of sp³-hybridized carbons (Fsp3) is 0.409. The van der Waals surface area contributed by atoms with Crippen LogP contribution in [0.5, 0.6) is 0 Å². The summed E-state index contributed by atoms with van der Waals surface area (Å²) in [5.41, 5.74) is 0.447. The van der Waals surface area contributed by atoms with E-state index in [2.05, 4.69) is 25.8 Å². The number of hydrogen-bond acceptors (Lipinski definition) is 5. The predicted octanol–water partition coefficient (Wildman–Crippen LogP) is 2.74. The lowest BCUT2D eigenvalue weighted by Crippen LogP contribution is -2.44. The maximum atomic E-state index is 14.6. The lowest BCUT2D eigenvalue weighted by molar-refractivity contribution is 0.0958. The predicted molar refractivity (Wildman–Crippen MR) is 115 cm³/mol. The van der Waals surface area contributed by atoms with Gasteiger partial charge >= 0.3 is 0 Å². The summed E-state index contributed by atoms with van der Waals surface area (Å²) < 4.78 is 40.7. The lowest BCUT2D eigenvalue weighted by Gasteiger charge is -2.30. The zero-order valence-corrected chi connectivity index (χ0v) is 17.8. The van der Waals surface area contributed by atoms with Crippen LogP contribution in [0.25, 0.3) is 0 Å². The van der Waals surface area contributed by atoms with Gasteiger partial charge in [-0.05, 0) is 19.4 Å². The number of aromatic nitrogens is 1. The molecular weight excluding hydrogens is 421 g/mol. The van der Waals surface area contributed by atoms with Crippen molar-refractivity contribution in [1.82, 2.24) is 20.9 Å². The van der Waals surface area contributed by atoms with Crippen LogP contribution in [0.1, 0.15) is 53.0 Å². The first kappa shape index (κ1) is 22.1. The Bertz CT molecular complexity index is 1050. The van der Waals surface area contributed by atoms with Gasteiger partial charge < -0.3 is 20.9 Å². The van der Waals surface area contributed by atoms with Crippen molar-refractivity contribution in [3.63, 3.8) is 0 Å². The van der Waals surface area contributed by atoms with Crippen molar-refractivity contribution in [2.75, 3.05) is 25.0 Å². The number of amides is 1. The molecule has 32 heavy (non-hydrogen) atoms. The Kier molecular flexibility index (Phi) is 6.05. The van der Waals surface area contributed by atoms with Crippen molar-refractivity contribution in [3.05, 3.63) is 58.7 Å². The van der Waals surface area contributed by atoms with Gasteiger partial charge in [0.1, 0.15) is 17.3 Å². The molecule has 1 amide bonds. The molecule has 0 spiro atoms. The van der Waals surface area contributed by atoms with Gasteiger partial charge in [-0.15, -0.1) is 0 Å². The lowest BCUT2D eigenvalue weighted by atomic mass is 10.0. The van der Waals surface area contributed by atoms with Crippen LogP contribution in [0.3, 0.4) is 0 Å². The number of piperazine rings is 1. The third-order valence-electron chi connectivity index (χ3n) is 6.09. The van der Waals surface area contributed by atoms with Crippen LogP contribution in [-0.2, 0) is 0 Å². The molecule has 1 aromatic carbocycles. The first-order valence-corrected chi connectivity index (χ1v) is 10.4. The smallest absolute Gasteiger partial charge is 0.270 e. The zero-order chi connectivity index (χ0) is 23.0. The Morgan fingerprint density at radius 1 is 1.34 bits per heavy atom. The molecule has 2 unspecified atom stereocenters.